The fourth-order valence-electron chi connectivity index (χ4n) is 0.914. The monoisotopic (exact) mass is 255 g/mol. The number of carbonyl (C=O) groups excluding carboxylic acids is 1. The van der Waals surface area contributed by atoms with Gasteiger partial charge in [0.05, 0.1) is 22.3 Å². The Labute approximate surface area is 102 Å². The molecule has 0 spiro atoms. The molecule has 0 unspecified atom stereocenters. The Balaban J connectivity index is 2.70. The van der Waals surface area contributed by atoms with E-state index in [1.54, 1.807) is 24.3 Å². The van der Waals surface area contributed by atoms with E-state index in [0.717, 1.165) is 0 Å². The lowest BCUT2D eigenvalue weighted by atomic mass is 10.2. The van der Waals surface area contributed by atoms with Gasteiger partial charge in [-0.05, 0) is 12.1 Å². The van der Waals surface area contributed by atoms with Crippen molar-refractivity contribution in [3.8, 4) is 6.07 Å². The maximum absolute atomic E-state index is 10.9. The highest BCUT2D eigenvalue weighted by atomic mass is 35.5. The summed E-state index contributed by atoms with van der Waals surface area (Å²) in [6, 6.07) is 6.72. The molecule has 0 aromatic heterocycles. The third kappa shape index (κ3) is 3.54. The fourth-order valence-corrected chi connectivity index (χ4v) is 1.41. The molecule has 0 aliphatic carbocycles. The van der Waals surface area contributed by atoms with E-state index in [4.69, 9.17) is 28.5 Å². The Morgan fingerprint density at radius 2 is 2.12 bits per heavy atom. The smallest absolute Gasteiger partial charge is 0.254 e. The van der Waals surface area contributed by atoms with Crippen LogP contribution in [0.4, 0.5) is 0 Å². The molecule has 0 fully saturated rings. The van der Waals surface area contributed by atoms with Crippen LogP contribution < -0.4 is 5.43 Å². The molecule has 16 heavy (non-hydrogen) atoms. The second kappa shape index (κ2) is 6.11. The minimum absolute atomic E-state index is 0.242. The summed E-state index contributed by atoms with van der Waals surface area (Å²) in [6.45, 7) is 0. The Morgan fingerprint density at radius 1 is 1.50 bits per heavy atom. The van der Waals surface area contributed by atoms with Crippen molar-refractivity contribution in [1.82, 2.24) is 5.43 Å². The van der Waals surface area contributed by atoms with Crippen molar-refractivity contribution < 1.29 is 4.79 Å². The zero-order valence-corrected chi connectivity index (χ0v) is 9.59. The van der Waals surface area contributed by atoms with Gasteiger partial charge < -0.3 is 0 Å². The van der Waals surface area contributed by atoms with E-state index in [-0.39, 0.29) is 6.42 Å². The van der Waals surface area contributed by atoms with Gasteiger partial charge >= 0.3 is 0 Å². The number of benzene rings is 1. The largest absolute Gasteiger partial charge is 0.272 e. The minimum atomic E-state index is -0.484. The molecule has 0 aliphatic heterocycles. The van der Waals surface area contributed by atoms with Crippen LogP contribution in [0.3, 0.4) is 0 Å². The molecule has 1 amide bonds. The van der Waals surface area contributed by atoms with Crippen LogP contribution in [0, 0.1) is 11.3 Å². The van der Waals surface area contributed by atoms with Crippen molar-refractivity contribution >= 4 is 35.3 Å². The van der Waals surface area contributed by atoms with Crippen LogP contribution in [0.15, 0.2) is 23.3 Å². The fraction of sp³-hybridized carbons (Fsp3) is 0.100. The van der Waals surface area contributed by atoms with Gasteiger partial charge in [-0.2, -0.15) is 10.4 Å². The van der Waals surface area contributed by atoms with Gasteiger partial charge in [-0.1, -0.05) is 29.3 Å². The first kappa shape index (κ1) is 12.5. The van der Waals surface area contributed by atoms with Crippen LogP contribution in [0.2, 0.25) is 10.0 Å². The molecule has 6 heteroatoms. The summed E-state index contributed by atoms with van der Waals surface area (Å²) in [5, 5.41) is 12.7. The predicted molar refractivity (Wildman–Crippen MR) is 62.4 cm³/mol. The summed E-state index contributed by atoms with van der Waals surface area (Å²) in [4.78, 5) is 10.9. The van der Waals surface area contributed by atoms with Crippen LogP contribution in [-0.2, 0) is 4.79 Å². The molecular formula is C10H7Cl2N3O. The van der Waals surface area contributed by atoms with Crippen molar-refractivity contribution in [3.63, 3.8) is 0 Å². The van der Waals surface area contributed by atoms with E-state index < -0.39 is 5.91 Å². The number of nitrogens with one attached hydrogen (secondary N) is 1. The van der Waals surface area contributed by atoms with E-state index in [1.165, 1.54) is 6.21 Å². The SMILES string of the molecule is N#CCC(=O)NN=Cc1c(Cl)cccc1Cl. The van der Waals surface area contributed by atoms with Crippen LogP contribution in [0.1, 0.15) is 12.0 Å². The minimum Gasteiger partial charge on any atom is -0.272 e. The van der Waals surface area contributed by atoms with E-state index in [1.807, 2.05) is 0 Å². The molecule has 0 atom stereocenters. The first-order valence-corrected chi connectivity index (χ1v) is 5.03. The van der Waals surface area contributed by atoms with Crippen LogP contribution >= 0.6 is 23.2 Å². The van der Waals surface area contributed by atoms with Crippen molar-refractivity contribution in [2.45, 2.75) is 6.42 Å². The summed E-state index contributed by atoms with van der Waals surface area (Å²) in [6.07, 6.45) is 1.09. The van der Waals surface area contributed by atoms with Crippen molar-refractivity contribution in [2.24, 2.45) is 5.10 Å². The quantitative estimate of drug-likeness (QED) is 0.666. The lowest BCUT2D eigenvalue weighted by molar-refractivity contribution is -0.120. The van der Waals surface area contributed by atoms with Gasteiger partial charge in [-0.3, -0.25) is 4.79 Å². The topological polar surface area (TPSA) is 65.2 Å². The number of hydrogen-bond acceptors (Lipinski definition) is 3. The number of amides is 1. The Morgan fingerprint density at radius 3 is 2.69 bits per heavy atom. The number of halogens is 2. The molecule has 0 saturated carbocycles. The van der Waals surface area contributed by atoms with Gasteiger partial charge in [0.1, 0.15) is 6.42 Å². The van der Waals surface area contributed by atoms with E-state index in [2.05, 4.69) is 10.5 Å². The summed E-state index contributed by atoms with van der Waals surface area (Å²) < 4.78 is 0. The molecule has 0 radical (unpaired) electrons. The summed E-state index contributed by atoms with van der Waals surface area (Å²) >= 11 is 11.7. The molecule has 0 bridgehead atoms. The van der Waals surface area contributed by atoms with Gasteiger partial charge in [0.15, 0.2) is 0 Å². The number of hydrazone groups is 1. The predicted octanol–water partition coefficient (Wildman–Crippen LogP) is 2.36. The van der Waals surface area contributed by atoms with Crippen molar-refractivity contribution in [2.75, 3.05) is 0 Å². The number of nitrogens with zero attached hydrogens (tertiary/aromatic N) is 2. The van der Waals surface area contributed by atoms with E-state index >= 15 is 0 Å². The zero-order valence-electron chi connectivity index (χ0n) is 8.08. The van der Waals surface area contributed by atoms with Gasteiger partial charge in [-0.25, -0.2) is 5.43 Å². The van der Waals surface area contributed by atoms with Crippen LogP contribution in [-0.4, -0.2) is 12.1 Å². The van der Waals surface area contributed by atoms with Gasteiger partial charge in [0.25, 0.3) is 5.91 Å². The Hall–Kier alpha value is -1.57. The number of nitriles is 1. The molecular weight excluding hydrogens is 249 g/mol. The highest BCUT2D eigenvalue weighted by molar-refractivity contribution is 6.38. The molecule has 1 N–H and O–H groups in total. The van der Waals surface area contributed by atoms with E-state index in [0.29, 0.717) is 15.6 Å². The van der Waals surface area contributed by atoms with Gasteiger partial charge in [0, 0.05) is 5.56 Å². The third-order valence-electron chi connectivity index (χ3n) is 1.62. The zero-order chi connectivity index (χ0) is 12.0. The maximum atomic E-state index is 10.9. The number of hydrogen-bond donors (Lipinski definition) is 1. The van der Waals surface area contributed by atoms with Crippen LogP contribution in [0.25, 0.3) is 0 Å². The lowest BCUT2D eigenvalue weighted by Crippen LogP contribution is -2.16. The maximum Gasteiger partial charge on any atom is 0.254 e. The number of rotatable bonds is 3. The van der Waals surface area contributed by atoms with Gasteiger partial charge in [0.2, 0.25) is 0 Å². The molecule has 1 rings (SSSR count). The Kier molecular flexibility index (Phi) is 4.77. The third-order valence-corrected chi connectivity index (χ3v) is 2.28. The number of carbonyl (C=O) groups is 1. The summed E-state index contributed by atoms with van der Waals surface area (Å²) in [5.41, 5.74) is 2.69. The average Bonchev–Trinajstić information content (AvgIpc) is 2.23. The second-order valence-corrected chi connectivity index (χ2v) is 3.58. The first-order valence-electron chi connectivity index (χ1n) is 4.28. The summed E-state index contributed by atoms with van der Waals surface area (Å²) in [5.74, 6) is -0.484. The Bertz CT molecular complexity index is 445. The highest BCUT2D eigenvalue weighted by Gasteiger charge is 2.02. The second-order valence-electron chi connectivity index (χ2n) is 2.76. The van der Waals surface area contributed by atoms with Crippen molar-refractivity contribution in [1.29, 1.82) is 5.26 Å². The normalized spacial score (nSPS) is 10.1. The van der Waals surface area contributed by atoms with Crippen molar-refractivity contribution in [3.05, 3.63) is 33.8 Å². The average molecular weight is 256 g/mol. The van der Waals surface area contributed by atoms with Crippen LogP contribution in [0.5, 0.6) is 0 Å². The van der Waals surface area contributed by atoms with Gasteiger partial charge in [-0.15, -0.1) is 0 Å². The molecule has 0 aliphatic rings. The molecule has 82 valence electrons. The molecule has 4 nitrogen and oxygen atoms in total. The molecule has 0 heterocycles. The first-order chi connectivity index (χ1) is 7.65. The standard InChI is InChI=1S/C10H7Cl2N3O/c11-8-2-1-3-9(12)7(8)6-14-15-10(16)4-5-13/h1-3,6H,4H2,(H,15,16). The highest BCUT2D eigenvalue weighted by Crippen LogP contribution is 2.21. The molecule has 0 saturated heterocycles. The summed E-state index contributed by atoms with van der Waals surface area (Å²) in [7, 11) is 0. The molecule has 1 aromatic carbocycles. The lowest BCUT2D eigenvalue weighted by Gasteiger charge is -2.00. The van der Waals surface area contributed by atoms with E-state index in [9.17, 15) is 4.79 Å². The molecule has 1 aromatic rings.